The molecule has 0 aromatic heterocycles. The van der Waals surface area contributed by atoms with Crippen LogP contribution < -0.4 is 0 Å². The fraction of sp³-hybridized carbons (Fsp3) is 0.556. The molecule has 0 amide bonds. The molecule has 0 N–H and O–H groups in total. The summed E-state index contributed by atoms with van der Waals surface area (Å²) in [5.41, 5.74) is 0.386. The molecule has 0 saturated carbocycles. The van der Waals surface area contributed by atoms with E-state index in [9.17, 15) is 9.59 Å². The predicted molar refractivity (Wildman–Crippen MR) is 53.1 cm³/mol. The van der Waals surface area contributed by atoms with Crippen LogP contribution in [0.3, 0.4) is 0 Å². The first kappa shape index (κ1) is 11.1. The van der Waals surface area contributed by atoms with Gasteiger partial charge in [0.2, 0.25) is 0 Å². The lowest BCUT2D eigenvalue weighted by Crippen LogP contribution is -2.12. The van der Waals surface area contributed by atoms with Crippen LogP contribution in [0.5, 0.6) is 0 Å². The van der Waals surface area contributed by atoms with Crippen LogP contribution in [0.1, 0.15) is 13.3 Å². The van der Waals surface area contributed by atoms with Crippen molar-refractivity contribution in [3.05, 3.63) is 12.2 Å². The Balaban J connectivity index is 2.13. The van der Waals surface area contributed by atoms with Crippen LogP contribution in [-0.4, -0.2) is 29.7 Å². The van der Waals surface area contributed by atoms with Gasteiger partial charge in [0.25, 0.3) is 0 Å². The molecular weight excluding hydrogens is 204 g/mol. The fourth-order valence-corrected chi connectivity index (χ4v) is 1.67. The minimum atomic E-state index is -0.389. The van der Waals surface area contributed by atoms with Crippen molar-refractivity contribution in [2.75, 3.05) is 13.2 Å². The number of ether oxygens (including phenoxy) is 2. The van der Waals surface area contributed by atoms with Gasteiger partial charge in [-0.05, 0) is 25.1 Å². The van der Waals surface area contributed by atoms with Gasteiger partial charge < -0.3 is 9.47 Å². The highest BCUT2D eigenvalue weighted by Gasteiger charge is 2.24. The quantitative estimate of drug-likeness (QED) is 0.529. The standard InChI is InChI=1S/C9H12O4S/c1-6(2)8(10)12-4-3-7-5-13-9(11)14-7/h7H,1,3-5H2,2H3. The largest absolute Gasteiger partial charge is 0.462 e. The third kappa shape index (κ3) is 3.41. The molecule has 1 heterocycles. The molecule has 1 aliphatic heterocycles. The van der Waals surface area contributed by atoms with Crippen LogP contribution >= 0.6 is 11.8 Å². The molecule has 1 aliphatic rings. The van der Waals surface area contributed by atoms with E-state index in [1.165, 1.54) is 0 Å². The minimum Gasteiger partial charge on any atom is -0.462 e. The first-order valence-corrected chi connectivity index (χ1v) is 5.13. The SMILES string of the molecule is C=C(C)C(=O)OCCC1COC(=O)S1. The second-order valence-electron chi connectivity index (χ2n) is 3.01. The summed E-state index contributed by atoms with van der Waals surface area (Å²) in [5.74, 6) is -0.389. The molecule has 0 spiro atoms. The average molecular weight is 216 g/mol. The number of rotatable bonds is 4. The summed E-state index contributed by atoms with van der Waals surface area (Å²) in [6.07, 6.45) is 0.634. The summed E-state index contributed by atoms with van der Waals surface area (Å²) in [6.45, 7) is 5.77. The van der Waals surface area contributed by atoms with Gasteiger partial charge >= 0.3 is 11.3 Å². The Bertz CT molecular complexity index is 262. The molecule has 1 rings (SSSR count). The molecule has 5 heteroatoms. The third-order valence-electron chi connectivity index (χ3n) is 1.67. The molecule has 0 aromatic carbocycles. The molecule has 0 radical (unpaired) electrons. The van der Waals surface area contributed by atoms with Crippen LogP contribution in [0.15, 0.2) is 12.2 Å². The highest BCUT2D eigenvalue weighted by atomic mass is 32.2. The molecule has 1 fully saturated rings. The predicted octanol–water partition coefficient (Wildman–Crippen LogP) is 1.75. The molecule has 0 aromatic rings. The Labute approximate surface area is 86.6 Å². The molecule has 0 bridgehead atoms. The van der Waals surface area contributed by atoms with Crippen LogP contribution in [-0.2, 0) is 14.3 Å². The topological polar surface area (TPSA) is 52.6 Å². The molecule has 1 saturated heterocycles. The molecular formula is C9H12O4S. The van der Waals surface area contributed by atoms with Crippen molar-refractivity contribution >= 4 is 23.0 Å². The molecule has 0 aliphatic carbocycles. The van der Waals surface area contributed by atoms with E-state index in [1.54, 1.807) is 6.92 Å². The number of esters is 1. The smallest absolute Gasteiger partial charge is 0.367 e. The average Bonchev–Trinajstić information content (AvgIpc) is 2.51. The summed E-state index contributed by atoms with van der Waals surface area (Å²) >= 11 is 1.15. The lowest BCUT2D eigenvalue weighted by atomic mass is 10.3. The Morgan fingerprint density at radius 2 is 2.50 bits per heavy atom. The van der Waals surface area contributed by atoms with Gasteiger partial charge in [-0.3, -0.25) is 0 Å². The van der Waals surface area contributed by atoms with E-state index in [0.717, 1.165) is 11.8 Å². The van der Waals surface area contributed by atoms with E-state index in [1.807, 2.05) is 0 Å². The Morgan fingerprint density at radius 1 is 1.79 bits per heavy atom. The van der Waals surface area contributed by atoms with Crippen molar-refractivity contribution in [2.45, 2.75) is 18.6 Å². The highest BCUT2D eigenvalue weighted by Crippen LogP contribution is 2.24. The number of carbonyl (C=O) groups excluding carboxylic acids is 2. The van der Waals surface area contributed by atoms with E-state index >= 15 is 0 Å². The van der Waals surface area contributed by atoms with E-state index in [-0.39, 0.29) is 16.5 Å². The van der Waals surface area contributed by atoms with Crippen LogP contribution in [0.4, 0.5) is 4.79 Å². The van der Waals surface area contributed by atoms with Gasteiger partial charge in [-0.2, -0.15) is 0 Å². The minimum absolute atomic E-state index is 0.112. The zero-order valence-electron chi connectivity index (χ0n) is 7.95. The van der Waals surface area contributed by atoms with Gasteiger partial charge in [0.15, 0.2) is 0 Å². The van der Waals surface area contributed by atoms with Gasteiger partial charge in [0, 0.05) is 5.57 Å². The monoisotopic (exact) mass is 216 g/mol. The molecule has 14 heavy (non-hydrogen) atoms. The van der Waals surface area contributed by atoms with E-state index in [0.29, 0.717) is 25.2 Å². The summed E-state index contributed by atoms with van der Waals surface area (Å²) in [6, 6.07) is 0. The van der Waals surface area contributed by atoms with Crippen molar-refractivity contribution in [3.8, 4) is 0 Å². The highest BCUT2D eigenvalue weighted by molar-refractivity contribution is 8.14. The third-order valence-corrected chi connectivity index (χ3v) is 2.69. The summed E-state index contributed by atoms with van der Waals surface area (Å²) < 4.78 is 9.62. The number of cyclic esters (lactones) is 1. The Kier molecular flexibility index (Phi) is 4.00. The van der Waals surface area contributed by atoms with Crippen LogP contribution in [0.2, 0.25) is 0 Å². The Morgan fingerprint density at radius 3 is 3.00 bits per heavy atom. The number of carbonyl (C=O) groups is 2. The van der Waals surface area contributed by atoms with Gasteiger partial charge in [-0.1, -0.05) is 6.58 Å². The maximum Gasteiger partial charge on any atom is 0.367 e. The van der Waals surface area contributed by atoms with E-state index in [4.69, 9.17) is 9.47 Å². The number of hydrogen-bond donors (Lipinski definition) is 0. The fourth-order valence-electron chi connectivity index (χ4n) is 0.914. The van der Waals surface area contributed by atoms with Crippen molar-refractivity contribution in [1.29, 1.82) is 0 Å². The molecule has 1 unspecified atom stereocenters. The number of thioether (sulfide) groups is 1. The molecule has 4 nitrogen and oxygen atoms in total. The van der Waals surface area contributed by atoms with Crippen LogP contribution in [0, 0.1) is 0 Å². The van der Waals surface area contributed by atoms with Gasteiger partial charge in [-0.25, -0.2) is 9.59 Å². The van der Waals surface area contributed by atoms with Crippen molar-refractivity contribution in [1.82, 2.24) is 0 Å². The first-order valence-electron chi connectivity index (χ1n) is 4.25. The zero-order chi connectivity index (χ0) is 10.6. The summed E-state index contributed by atoms with van der Waals surface area (Å²) in [5, 5.41) is -0.137. The van der Waals surface area contributed by atoms with E-state index in [2.05, 4.69) is 6.58 Å². The van der Waals surface area contributed by atoms with Crippen molar-refractivity contribution in [2.24, 2.45) is 0 Å². The lowest BCUT2D eigenvalue weighted by molar-refractivity contribution is -0.139. The molecule has 1 atom stereocenters. The maximum absolute atomic E-state index is 11.0. The summed E-state index contributed by atoms with van der Waals surface area (Å²) in [7, 11) is 0. The normalized spacial score (nSPS) is 20.4. The second kappa shape index (κ2) is 5.05. The Hall–Kier alpha value is -0.970. The van der Waals surface area contributed by atoms with Gasteiger partial charge in [0.05, 0.1) is 11.9 Å². The first-order chi connectivity index (χ1) is 6.59. The van der Waals surface area contributed by atoms with E-state index < -0.39 is 0 Å². The second-order valence-corrected chi connectivity index (χ2v) is 4.24. The van der Waals surface area contributed by atoms with Crippen molar-refractivity contribution in [3.63, 3.8) is 0 Å². The lowest BCUT2D eigenvalue weighted by Gasteiger charge is -2.06. The van der Waals surface area contributed by atoms with Crippen molar-refractivity contribution < 1.29 is 19.1 Å². The van der Waals surface area contributed by atoms with Gasteiger partial charge in [-0.15, -0.1) is 0 Å². The van der Waals surface area contributed by atoms with Crippen LogP contribution in [0.25, 0.3) is 0 Å². The number of hydrogen-bond acceptors (Lipinski definition) is 5. The zero-order valence-corrected chi connectivity index (χ0v) is 8.76. The summed E-state index contributed by atoms with van der Waals surface area (Å²) in [4.78, 5) is 21.6. The maximum atomic E-state index is 11.0. The molecule has 78 valence electrons. The van der Waals surface area contributed by atoms with Gasteiger partial charge in [0.1, 0.15) is 6.61 Å².